The van der Waals surface area contributed by atoms with E-state index in [0.717, 1.165) is 11.4 Å². The number of nitrogens with two attached hydrogens (primary N) is 1. The fourth-order valence-electron chi connectivity index (χ4n) is 2.04. The second kappa shape index (κ2) is 6.58. The van der Waals surface area contributed by atoms with Crippen LogP contribution in [0.3, 0.4) is 0 Å². The monoisotopic (exact) mass is 305 g/mol. The third-order valence-corrected chi connectivity index (χ3v) is 4.07. The fraction of sp³-hybridized carbons (Fsp3) is 0.333. The number of carbonyl (C=O) groups is 1. The van der Waals surface area contributed by atoms with E-state index in [0.29, 0.717) is 24.4 Å². The van der Waals surface area contributed by atoms with Crippen LogP contribution in [0.5, 0.6) is 0 Å². The highest BCUT2D eigenvalue weighted by molar-refractivity contribution is 7.09. The third-order valence-electron chi connectivity index (χ3n) is 3.15. The molecular formula is C15H19N3O2S. The summed E-state index contributed by atoms with van der Waals surface area (Å²) < 4.78 is 5.10. The van der Waals surface area contributed by atoms with Crippen molar-refractivity contribution in [2.45, 2.75) is 20.4 Å². The summed E-state index contributed by atoms with van der Waals surface area (Å²) in [6, 6.07) is 5.29. The second-order valence-corrected chi connectivity index (χ2v) is 5.65. The molecule has 2 rings (SSSR count). The Morgan fingerprint density at radius 1 is 1.48 bits per heavy atom. The maximum absolute atomic E-state index is 12.1. The van der Waals surface area contributed by atoms with Gasteiger partial charge in [-0.1, -0.05) is 0 Å². The van der Waals surface area contributed by atoms with E-state index in [1.807, 2.05) is 30.4 Å². The molecule has 5 nitrogen and oxygen atoms in total. The normalized spacial score (nSPS) is 10.4. The van der Waals surface area contributed by atoms with Gasteiger partial charge in [-0.05, 0) is 32.0 Å². The number of aryl methyl sites for hydroxylation is 1. The number of ether oxygens (including phenoxy) is 1. The Kier molecular flexibility index (Phi) is 4.80. The summed E-state index contributed by atoms with van der Waals surface area (Å²) in [4.78, 5) is 19.5. The molecule has 1 heterocycles. The lowest BCUT2D eigenvalue weighted by Gasteiger charge is -2.21. The molecule has 112 valence electrons. The van der Waals surface area contributed by atoms with E-state index in [4.69, 9.17) is 10.5 Å². The number of rotatable bonds is 5. The predicted molar refractivity (Wildman–Crippen MR) is 85.8 cm³/mol. The van der Waals surface area contributed by atoms with Crippen molar-refractivity contribution >= 4 is 28.7 Å². The number of esters is 1. The van der Waals surface area contributed by atoms with Crippen molar-refractivity contribution in [3.63, 3.8) is 0 Å². The minimum absolute atomic E-state index is 0.338. The molecule has 0 radical (unpaired) electrons. The molecule has 0 unspecified atom stereocenters. The lowest BCUT2D eigenvalue weighted by atomic mass is 10.1. The van der Waals surface area contributed by atoms with Crippen molar-refractivity contribution in [2.75, 3.05) is 24.3 Å². The van der Waals surface area contributed by atoms with Gasteiger partial charge in [0.25, 0.3) is 0 Å². The van der Waals surface area contributed by atoms with Crippen LogP contribution in [-0.4, -0.2) is 24.6 Å². The average Bonchev–Trinajstić information content (AvgIpc) is 2.84. The first-order chi connectivity index (χ1) is 10.0. The largest absolute Gasteiger partial charge is 0.462 e. The first-order valence-electron chi connectivity index (χ1n) is 6.69. The molecule has 0 saturated heterocycles. The van der Waals surface area contributed by atoms with Crippen molar-refractivity contribution in [3.8, 4) is 0 Å². The van der Waals surface area contributed by atoms with Crippen molar-refractivity contribution in [1.82, 2.24) is 4.98 Å². The molecule has 0 aliphatic rings. The Balaban J connectivity index is 2.29. The van der Waals surface area contributed by atoms with Gasteiger partial charge in [0.2, 0.25) is 0 Å². The molecular weight excluding hydrogens is 286 g/mol. The number of carbonyl (C=O) groups excluding carboxylic acids is 1. The maximum Gasteiger partial charge on any atom is 0.340 e. The molecule has 0 amide bonds. The van der Waals surface area contributed by atoms with Crippen LogP contribution in [0.15, 0.2) is 23.7 Å². The topological polar surface area (TPSA) is 68.5 Å². The van der Waals surface area contributed by atoms with Gasteiger partial charge in [-0.3, -0.25) is 0 Å². The van der Waals surface area contributed by atoms with Crippen LogP contribution in [0.2, 0.25) is 0 Å². The number of hydrogen-bond donors (Lipinski definition) is 1. The molecule has 0 aliphatic heterocycles. The van der Waals surface area contributed by atoms with Crippen molar-refractivity contribution in [2.24, 2.45) is 0 Å². The lowest BCUT2D eigenvalue weighted by molar-refractivity contribution is 0.0527. The third kappa shape index (κ3) is 3.52. The highest BCUT2D eigenvalue weighted by Gasteiger charge is 2.17. The van der Waals surface area contributed by atoms with Gasteiger partial charge in [0.05, 0.1) is 35.6 Å². The second-order valence-electron chi connectivity index (χ2n) is 4.71. The zero-order valence-electron chi connectivity index (χ0n) is 12.4. The van der Waals surface area contributed by atoms with Crippen LogP contribution in [-0.2, 0) is 11.3 Å². The minimum Gasteiger partial charge on any atom is -0.462 e. The van der Waals surface area contributed by atoms with Gasteiger partial charge in [-0.25, -0.2) is 9.78 Å². The maximum atomic E-state index is 12.1. The van der Waals surface area contributed by atoms with Crippen molar-refractivity contribution in [3.05, 3.63) is 39.8 Å². The van der Waals surface area contributed by atoms with Crippen molar-refractivity contribution in [1.29, 1.82) is 0 Å². The van der Waals surface area contributed by atoms with E-state index in [9.17, 15) is 4.79 Å². The van der Waals surface area contributed by atoms with E-state index < -0.39 is 0 Å². The Labute approximate surface area is 128 Å². The van der Waals surface area contributed by atoms with Crippen LogP contribution in [0, 0.1) is 6.92 Å². The Morgan fingerprint density at radius 2 is 2.24 bits per heavy atom. The van der Waals surface area contributed by atoms with Crippen LogP contribution < -0.4 is 10.6 Å². The minimum atomic E-state index is -0.354. The van der Waals surface area contributed by atoms with E-state index in [-0.39, 0.29) is 5.97 Å². The first kappa shape index (κ1) is 15.3. The predicted octanol–water partition coefficient (Wildman–Crippen LogP) is 2.85. The molecule has 0 atom stereocenters. The highest BCUT2D eigenvalue weighted by Crippen LogP contribution is 2.26. The van der Waals surface area contributed by atoms with Gasteiger partial charge in [0.15, 0.2) is 0 Å². The summed E-state index contributed by atoms with van der Waals surface area (Å²) in [5, 5.41) is 0. The fourth-order valence-corrected chi connectivity index (χ4v) is 2.87. The van der Waals surface area contributed by atoms with Gasteiger partial charge in [0, 0.05) is 17.6 Å². The van der Waals surface area contributed by atoms with Gasteiger partial charge in [-0.15, -0.1) is 11.3 Å². The summed E-state index contributed by atoms with van der Waals surface area (Å²) in [6.07, 6.45) is 0. The number of nitrogens with zero attached hydrogens (tertiary/aromatic N) is 2. The van der Waals surface area contributed by atoms with Gasteiger partial charge in [0.1, 0.15) is 0 Å². The van der Waals surface area contributed by atoms with E-state index in [1.165, 1.54) is 4.88 Å². The summed E-state index contributed by atoms with van der Waals surface area (Å²) in [7, 11) is 1.94. The van der Waals surface area contributed by atoms with Crippen LogP contribution in [0.25, 0.3) is 0 Å². The molecule has 1 aromatic heterocycles. The lowest BCUT2D eigenvalue weighted by Crippen LogP contribution is -2.20. The molecule has 0 aliphatic carbocycles. The SMILES string of the molecule is CCOC(=O)c1cc(N)ccc1N(C)Cc1scnc1C. The quantitative estimate of drug-likeness (QED) is 0.679. The van der Waals surface area contributed by atoms with E-state index >= 15 is 0 Å². The Hall–Kier alpha value is -2.08. The Morgan fingerprint density at radius 3 is 2.86 bits per heavy atom. The average molecular weight is 305 g/mol. The van der Waals surface area contributed by atoms with Gasteiger partial charge in [-0.2, -0.15) is 0 Å². The highest BCUT2D eigenvalue weighted by atomic mass is 32.1. The smallest absolute Gasteiger partial charge is 0.340 e. The first-order valence-corrected chi connectivity index (χ1v) is 7.57. The molecule has 0 bridgehead atoms. The van der Waals surface area contributed by atoms with Crippen LogP contribution >= 0.6 is 11.3 Å². The zero-order chi connectivity index (χ0) is 15.4. The number of benzene rings is 1. The Bertz CT molecular complexity index is 640. The summed E-state index contributed by atoms with van der Waals surface area (Å²) in [5.41, 5.74) is 10.5. The molecule has 1 aromatic carbocycles. The number of aromatic nitrogens is 1. The molecule has 2 N–H and O–H groups in total. The number of nitrogen functional groups attached to an aromatic ring is 1. The number of hydrogen-bond acceptors (Lipinski definition) is 6. The summed E-state index contributed by atoms with van der Waals surface area (Å²) in [5.74, 6) is -0.354. The van der Waals surface area contributed by atoms with E-state index in [1.54, 1.807) is 30.4 Å². The molecule has 6 heteroatoms. The van der Waals surface area contributed by atoms with Crippen molar-refractivity contribution < 1.29 is 9.53 Å². The number of thiazole rings is 1. The zero-order valence-corrected chi connectivity index (χ0v) is 13.2. The number of anilines is 2. The van der Waals surface area contributed by atoms with Crippen LogP contribution in [0.4, 0.5) is 11.4 Å². The van der Waals surface area contributed by atoms with E-state index in [2.05, 4.69) is 4.98 Å². The molecule has 0 saturated carbocycles. The molecule has 0 fully saturated rings. The molecule has 0 spiro atoms. The van der Waals surface area contributed by atoms with Crippen LogP contribution in [0.1, 0.15) is 27.9 Å². The molecule has 21 heavy (non-hydrogen) atoms. The van der Waals surface area contributed by atoms with Gasteiger partial charge >= 0.3 is 5.97 Å². The summed E-state index contributed by atoms with van der Waals surface area (Å²) >= 11 is 1.61. The summed E-state index contributed by atoms with van der Waals surface area (Å²) in [6.45, 7) is 4.79. The molecule has 2 aromatic rings. The van der Waals surface area contributed by atoms with Gasteiger partial charge < -0.3 is 15.4 Å². The standard InChI is InChI=1S/C15H19N3O2S/c1-4-20-15(19)12-7-11(16)5-6-13(12)18(3)8-14-10(2)17-9-21-14/h5-7,9H,4,8,16H2,1-3H3.